The number of nitrogens with zero attached hydrogens (tertiary/aromatic N) is 4. The van der Waals surface area contributed by atoms with Gasteiger partial charge in [-0.05, 0) is 29.7 Å². The molecule has 4 aromatic rings. The first kappa shape index (κ1) is 28.7. The second-order valence-corrected chi connectivity index (χ2v) is 10.5. The molecule has 0 radical (unpaired) electrons. The maximum Gasteiger partial charge on any atom is 0.418 e. The van der Waals surface area contributed by atoms with E-state index in [2.05, 4.69) is 5.10 Å². The van der Waals surface area contributed by atoms with Gasteiger partial charge in [-0.3, -0.25) is 14.7 Å². The number of sulfonamides is 1. The number of halogens is 3. The molecular formula is C26H24F3N5O5S. The van der Waals surface area contributed by atoms with Crippen molar-refractivity contribution in [3.8, 4) is 16.8 Å². The molecule has 10 nitrogen and oxygen atoms in total. The summed E-state index contributed by atoms with van der Waals surface area (Å²) in [7, 11) is -3.99. The Kier molecular flexibility index (Phi) is 7.93. The number of nitrogens with two attached hydrogens (primary N) is 1. The van der Waals surface area contributed by atoms with E-state index in [0.717, 1.165) is 12.5 Å². The van der Waals surface area contributed by atoms with Gasteiger partial charge in [0.2, 0.25) is 10.0 Å². The Hall–Kier alpha value is -4.30. The maximum absolute atomic E-state index is 13.8. The first-order valence-electron chi connectivity index (χ1n) is 12.1. The van der Waals surface area contributed by atoms with Crippen molar-refractivity contribution < 1.29 is 26.5 Å². The van der Waals surface area contributed by atoms with Crippen LogP contribution in [-0.2, 0) is 29.2 Å². The molecule has 0 aliphatic heterocycles. The molecule has 0 saturated heterocycles. The number of nitro groups is 1. The molecule has 0 unspecified atom stereocenters. The van der Waals surface area contributed by atoms with Crippen LogP contribution in [0.4, 0.5) is 18.9 Å². The normalized spacial score (nSPS) is 12.0. The zero-order valence-corrected chi connectivity index (χ0v) is 21.9. The number of aryl methyl sites for hydroxylation is 1. The molecule has 3 aromatic carbocycles. The van der Waals surface area contributed by atoms with Crippen molar-refractivity contribution in [1.29, 1.82) is 0 Å². The predicted molar refractivity (Wildman–Crippen MR) is 140 cm³/mol. The first-order valence-corrected chi connectivity index (χ1v) is 13.6. The predicted octanol–water partition coefficient (Wildman–Crippen LogP) is 4.67. The van der Waals surface area contributed by atoms with Gasteiger partial charge in [-0.25, -0.2) is 18.4 Å². The molecular weight excluding hydrogens is 551 g/mol. The van der Waals surface area contributed by atoms with E-state index in [1.807, 2.05) is 6.92 Å². The van der Waals surface area contributed by atoms with Gasteiger partial charge in [-0.1, -0.05) is 55.8 Å². The molecule has 1 aromatic heterocycles. The van der Waals surface area contributed by atoms with E-state index in [1.165, 1.54) is 10.6 Å². The van der Waals surface area contributed by atoms with Crippen LogP contribution in [0.2, 0.25) is 0 Å². The topological polar surface area (TPSA) is 143 Å². The van der Waals surface area contributed by atoms with Crippen LogP contribution in [0, 0.1) is 10.1 Å². The Morgan fingerprint density at radius 3 is 2.33 bits per heavy atom. The summed E-state index contributed by atoms with van der Waals surface area (Å²) in [6.45, 7) is 1.85. The van der Waals surface area contributed by atoms with E-state index in [9.17, 15) is 36.5 Å². The quantitative estimate of drug-likeness (QED) is 0.227. The highest BCUT2D eigenvalue weighted by atomic mass is 32.2. The molecule has 14 heteroatoms. The second-order valence-electron chi connectivity index (χ2n) is 8.99. The number of aromatic nitrogens is 3. The number of alkyl halides is 3. The van der Waals surface area contributed by atoms with Gasteiger partial charge in [0.15, 0.2) is 0 Å². The summed E-state index contributed by atoms with van der Waals surface area (Å²) >= 11 is 0. The minimum absolute atomic E-state index is 0.0503. The number of unbranched alkanes of at least 4 members (excludes halogenated alkanes) is 1. The lowest BCUT2D eigenvalue weighted by molar-refractivity contribution is -0.384. The molecule has 2 N–H and O–H groups in total. The van der Waals surface area contributed by atoms with Gasteiger partial charge in [0.1, 0.15) is 5.82 Å². The van der Waals surface area contributed by atoms with Gasteiger partial charge in [0, 0.05) is 24.1 Å². The molecule has 0 fully saturated rings. The summed E-state index contributed by atoms with van der Waals surface area (Å²) in [6.07, 6.45) is -3.28. The van der Waals surface area contributed by atoms with Crippen molar-refractivity contribution in [1.82, 2.24) is 14.3 Å². The maximum atomic E-state index is 13.8. The van der Waals surface area contributed by atoms with E-state index >= 15 is 0 Å². The number of non-ortho nitro benzene ring substituents is 1. The summed E-state index contributed by atoms with van der Waals surface area (Å²) in [5.74, 6) is 0.218. The molecule has 0 amide bonds. The van der Waals surface area contributed by atoms with Gasteiger partial charge in [0.25, 0.3) is 5.69 Å². The highest BCUT2D eigenvalue weighted by Gasteiger charge is 2.36. The zero-order valence-electron chi connectivity index (χ0n) is 21.1. The summed E-state index contributed by atoms with van der Waals surface area (Å²) in [5.41, 5.74) is -1.95. The third-order valence-corrected chi connectivity index (χ3v) is 7.19. The SMILES string of the molecule is CCCCc1nn(-c2cc([N+](=O)[O-])ccc2C(F)(F)F)c(=O)n1Cc1ccc(-c2ccccc2S(N)(=O)=O)cc1. The molecule has 0 aliphatic carbocycles. The summed E-state index contributed by atoms with van der Waals surface area (Å²) in [4.78, 5) is 23.8. The van der Waals surface area contributed by atoms with E-state index in [1.54, 1.807) is 42.5 Å². The van der Waals surface area contributed by atoms with Crippen molar-refractivity contribution in [2.24, 2.45) is 5.14 Å². The Bertz CT molecular complexity index is 1730. The summed E-state index contributed by atoms with van der Waals surface area (Å²) < 4.78 is 67.1. The summed E-state index contributed by atoms with van der Waals surface area (Å²) in [5, 5.41) is 20.7. The molecule has 210 valence electrons. The van der Waals surface area contributed by atoms with E-state index < -0.39 is 43.8 Å². The second kappa shape index (κ2) is 11.1. The lowest BCUT2D eigenvalue weighted by Gasteiger charge is -2.11. The largest absolute Gasteiger partial charge is 0.418 e. The Morgan fingerprint density at radius 1 is 1.05 bits per heavy atom. The van der Waals surface area contributed by atoms with Gasteiger partial charge < -0.3 is 0 Å². The molecule has 40 heavy (non-hydrogen) atoms. The van der Waals surface area contributed by atoms with Gasteiger partial charge in [-0.15, -0.1) is 5.10 Å². The third-order valence-electron chi connectivity index (χ3n) is 6.22. The van der Waals surface area contributed by atoms with E-state index in [4.69, 9.17) is 5.14 Å². The number of rotatable bonds is 9. The average Bonchev–Trinajstić information content (AvgIpc) is 3.21. The number of hydrogen-bond acceptors (Lipinski definition) is 6. The molecule has 0 spiro atoms. The lowest BCUT2D eigenvalue weighted by atomic mass is 10.0. The van der Waals surface area contributed by atoms with E-state index in [-0.39, 0.29) is 23.7 Å². The molecule has 0 saturated carbocycles. The fraction of sp³-hybridized carbons (Fsp3) is 0.231. The third kappa shape index (κ3) is 5.97. The van der Waals surface area contributed by atoms with Crippen molar-refractivity contribution in [3.63, 3.8) is 0 Å². The van der Waals surface area contributed by atoms with Crippen LogP contribution < -0.4 is 10.8 Å². The molecule has 0 aliphatic rings. The Morgan fingerprint density at radius 2 is 1.73 bits per heavy atom. The minimum atomic E-state index is -4.89. The number of benzene rings is 3. The van der Waals surface area contributed by atoms with Crippen LogP contribution in [0.5, 0.6) is 0 Å². The van der Waals surface area contributed by atoms with Crippen LogP contribution in [0.1, 0.15) is 36.7 Å². The lowest BCUT2D eigenvalue weighted by Crippen LogP contribution is -2.26. The highest BCUT2D eigenvalue weighted by Crippen LogP contribution is 2.35. The highest BCUT2D eigenvalue weighted by molar-refractivity contribution is 7.89. The van der Waals surface area contributed by atoms with Crippen LogP contribution in [0.15, 0.2) is 76.4 Å². The standard InChI is InChI=1S/C26H24F3N5O5S/c1-2-3-8-24-31-33(22-15-19(34(36)37)13-14-21(22)26(27,28)29)25(35)32(24)16-17-9-11-18(12-10-17)20-6-4-5-7-23(20)40(30,38)39/h4-7,9-15H,2-3,8,16H2,1H3,(H2,30,38,39). The van der Waals surface area contributed by atoms with Crippen molar-refractivity contribution >= 4 is 15.7 Å². The van der Waals surface area contributed by atoms with Gasteiger partial charge in [0.05, 0.1) is 27.6 Å². The van der Waals surface area contributed by atoms with Gasteiger partial charge in [-0.2, -0.15) is 17.9 Å². The van der Waals surface area contributed by atoms with Crippen molar-refractivity contribution in [3.05, 3.63) is 104 Å². The fourth-order valence-electron chi connectivity index (χ4n) is 4.25. The number of hydrogen-bond donors (Lipinski definition) is 1. The number of primary sulfonamides is 1. The smallest absolute Gasteiger partial charge is 0.274 e. The minimum Gasteiger partial charge on any atom is -0.274 e. The van der Waals surface area contributed by atoms with Crippen LogP contribution in [0.3, 0.4) is 0 Å². The van der Waals surface area contributed by atoms with E-state index in [0.29, 0.717) is 39.9 Å². The molecule has 0 bridgehead atoms. The van der Waals surface area contributed by atoms with Crippen molar-refractivity contribution in [2.45, 2.75) is 43.8 Å². The van der Waals surface area contributed by atoms with Gasteiger partial charge >= 0.3 is 11.9 Å². The zero-order chi connectivity index (χ0) is 29.2. The first-order chi connectivity index (χ1) is 18.8. The fourth-order valence-corrected chi connectivity index (χ4v) is 5.01. The van der Waals surface area contributed by atoms with Crippen molar-refractivity contribution in [2.75, 3.05) is 0 Å². The molecule has 4 rings (SSSR count). The van der Waals surface area contributed by atoms with Crippen LogP contribution in [0.25, 0.3) is 16.8 Å². The molecule has 0 atom stereocenters. The monoisotopic (exact) mass is 575 g/mol. The summed E-state index contributed by atoms with van der Waals surface area (Å²) in [6, 6.07) is 14.7. The van der Waals surface area contributed by atoms with Crippen LogP contribution >= 0.6 is 0 Å². The Labute approximate surface area is 226 Å². The number of nitro benzene ring substituents is 1. The average molecular weight is 576 g/mol. The Balaban J connectivity index is 1.78. The molecule has 1 heterocycles. The van der Waals surface area contributed by atoms with Crippen LogP contribution in [-0.4, -0.2) is 27.7 Å².